The molecule has 3 aliphatic heterocycles. The average molecular weight is 317 g/mol. The molecular weight excluding hydrogens is 290 g/mol. The monoisotopic (exact) mass is 317 g/mol. The molecule has 1 aromatic heterocycles. The smallest absolute Gasteiger partial charge is 0.274 e. The van der Waals surface area contributed by atoms with E-state index in [-0.39, 0.29) is 5.91 Å². The lowest BCUT2D eigenvalue weighted by atomic mass is 10.1. The first-order chi connectivity index (χ1) is 11.3. The summed E-state index contributed by atoms with van der Waals surface area (Å²) in [6.45, 7) is 5.96. The van der Waals surface area contributed by atoms with Gasteiger partial charge in [0, 0.05) is 49.9 Å². The van der Waals surface area contributed by atoms with Crippen molar-refractivity contribution in [3.05, 3.63) is 17.0 Å². The molecule has 4 heterocycles. The average Bonchev–Trinajstić information content (AvgIpc) is 3.19. The Morgan fingerprint density at radius 2 is 1.96 bits per heavy atom. The molecule has 126 valence electrons. The van der Waals surface area contributed by atoms with Crippen molar-refractivity contribution in [1.29, 1.82) is 0 Å². The number of aromatic amines is 1. The first-order valence-corrected chi connectivity index (χ1v) is 9.13. The van der Waals surface area contributed by atoms with Gasteiger partial charge in [-0.2, -0.15) is 5.10 Å². The van der Waals surface area contributed by atoms with Crippen molar-refractivity contribution in [2.24, 2.45) is 0 Å². The van der Waals surface area contributed by atoms with Crippen molar-refractivity contribution in [3.63, 3.8) is 0 Å². The zero-order valence-electron chi connectivity index (χ0n) is 13.8. The van der Waals surface area contributed by atoms with Gasteiger partial charge in [0.1, 0.15) is 0 Å². The number of rotatable bonds is 2. The highest BCUT2D eigenvalue weighted by molar-refractivity contribution is 5.94. The van der Waals surface area contributed by atoms with E-state index in [0.29, 0.717) is 11.7 Å². The molecule has 1 unspecified atom stereocenters. The summed E-state index contributed by atoms with van der Waals surface area (Å²) in [7, 11) is 0. The van der Waals surface area contributed by atoms with Crippen LogP contribution in [0.25, 0.3) is 0 Å². The molecule has 1 atom stereocenters. The summed E-state index contributed by atoms with van der Waals surface area (Å²) in [5.41, 5.74) is 2.87. The Hall–Kier alpha value is -1.40. The van der Waals surface area contributed by atoms with E-state index in [1.165, 1.54) is 32.4 Å². The second-order valence-electron chi connectivity index (χ2n) is 7.08. The molecule has 4 rings (SSSR count). The van der Waals surface area contributed by atoms with Gasteiger partial charge in [-0.1, -0.05) is 0 Å². The van der Waals surface area contributed by atoms with E-state index in [0.717, 1.165) is 56.7 Å². The van der Waals surface area contributed by atoms with Crippen LogP contribution in [0.4, 0.5) is 0 Å². The van der Waals surface area contributed by atoms with Crippen LogP contribution in [0.5, 0.6) is 0 Å². The molecule has 0 aliphatic carbocycles. The number of carbonyl (C=O) groups is 1. The fourth-order valence-electron chi connectivity index (χ4n) is 4.31. The molecule has 6 heteroatoms. The van der Waals surface area contributed by atoms with Gasteiger partial charge < -0.3 is 15.1 Å². The van der Waals surface area contributed by atoms with E-state index in [2.05, 4.69) is 20.4 Å². The fraction of sp³-hybridized carbons (Fsp3) is 0.765. The molecule has 0 bridgehead atoms. The van der Waals surface area contributed by atoms with Crippen LogP contribution in [0.2, 0.25) is 0 Å². The molecule has 2 N–H and O–H groups in total. The molecule has 1 aromatic rings. The summed E-state index contributed by atoms with van der Waals surface area (Å²) in [5, 5.41) is 10.7. The molecule has 6 nitrogen and oxygen atoms in total. The van der Waals surface area contributed by atoms with Gasteiger partial charge in [-0.05, 0) is 45.2 Å². The molecule has 2 fully saturated rings. The standard InChI is InChI=1S/C17H27N5O/c23-17(16-14-12-18-7-5-15(14)19-20-16)22-10-3-4-13(6-11-22)21-8-1-2-9-21/h13,18H,1-12H2,(H,19,20). The predicted molar refractivity (Wildman–Crippen MR) is 88.3 cm³/mol. The summed E-state index contributed by atoms with van der Waals surface area (Å²) in [5.74, 6) is 0.119. The zero-order valence-corrected chi connectivity index (χ0v) is 13.8. The van der Waals surface area contributed by atoms with Crippen LogP contribution < -0.4 is 5.32 Å². The Morgan fingerprint density at radius 3 is 2.83 bits per heavy atom. The first kappa shape index (κ1) is 15.1. The maximum absolute atomic E-state index is 12.9. The Balaban J connectivity index is 1.43. The van der Waals surface area contributed by atoms with Crippen LogP contribution in [-0.4, -0.2) is 64.7 Å². The van der Waals surface area contributed by atoms with Gasteiger partial charge in [0.15, 0.2) is 5.69 Å². The zero-order chi connectivity index (χ0) is 15.6. The third kappa shape index (κ3) is 3.02. The molecule has 0 spiro atoms. The van der Waals surface area contributed by atoms with E-state index < -0.39 is 0 Å². The molecular formula is C17H27N5O. The SMILES string of the molecule is O=C(c1n[nH]c2c1CNCC2)N1CCCC(N2CCCC2)CC1. The second kappa shape index (κ2) is 6.61. The van der Waals surface area contributed by atoms with Gasteiger partial charge in [-0.15, -0.1) is 0 Å². The Labute approximate surface area is 137 Å². The number of nitrogens with zero attached hydrogens (tertiary/aromatic N) is 3. The maximum Gasteiger partial charge on any atom is 0.274 e. The minimum Gasteiger partial charge on any atom is -0.337 e. The van der Waals surface area contributed by atoms with E-state index in [1.54, 1.807) is 0 Å². The van der Waals surface area contributed by atoms with E-state index in [1.807, 2.05) is 4.90 Å². The number of amides is 1. The Kier molecular flexibility index (Phi) is 4.35. The lowest BCUT2D eigenvalue weighted by molar-refractivity contribution is 0.0750. The fourth-order valence-corrected chi connectivity index (χ4v) is 4.31. The van der Waals surface area contributed by atoms with Gasteiger partial charge in [0.05, 0.1) is 0 Å². The van der Waals surface area contributed by atoms with Crippen molar-refractivity contribution in [2.75, 3.05) is 32.7 Å². The van der Waals surface area contributed by atoms with Crippen LogP contribution in [-0.2, 0) is 13.0 Å². The van der Waals surface area contributed by atoms with Crippen molar-refractivity contribution < 1.29 is 4.79 Å². The number of aromatic nitrogens is 2. The van der Waals surface area contributed by atoms with Gasteiger partial charge in [-0.25, -0.2) is 0 Å². The van der Waals surface area contributed by atoms with Gasteiger partial charge in [0.2, 0.25) is 0 Å². The third-order valence-electron chi connectivity index (χ3n) is 5.65. The lowest BCUT2D eigenvalue weighted by Crippen LogP contribution is -2.36. The predicted octanol–water partition coefficient (Wildman–Crippen LogP) is 1.15. The van der Waals surface area contributed by atoms with E-state index >= 15 is 0 Å². The normalized spacial score (nSPS) is 26.1. The number of hydrogen-bond donors (Lipinski definition) is 2. The molecule has 0 aromatic carbocycles. The summed E-state index contributed by atoms with van der Waals surface area (Å²) >= 11 is 0. The third-order valence-corrected chi connectivity index (χ3v) is 5.65. The van der Waals surface area contributed by atoms with E-state index in [4.69, 9.17) is 0 Å². The topological polar surface area (TPSA) is 64.3 Å². The first-order valence-electron chi connectivity index (χ1n) is 9.13. The second-order valence-corrected chi connectivity index (χ2v) is 7.08. The van der Waals surface area contributed by atoms with Gasteiger partial charge in [0.25, 0.3) is 5.91 Å². The van der Waals surface area contributed by atoms with Crippen molar-refractivity contribution >= 4 is 5.91 Å². The van der Waals surface area contributed by atoms with Crippen molar-refractivity contribution in [2.45, 2.75) is 51.1 Å². The number of H-pyrrole nitrogens is 1. The Bertz CT molecular complexity index is 563. The van der Waals surface area contributed by atoms with Crippen molar-refractivity contribution in [1.82, 2.24) is 25.3 Å². The van der Waals surface area contributed by atoms with Crippen molar-refractivity contribution in [3.8, 4) is 0 Å². The Morgan fingerprint density at radius 1 is 1.09 bits per heavy atom. The number of nitrogens with one attached hydrogen (secondary N) is 2. The largest absolute Gasteiger partial charge is 0.337 e. The molecule has 23 heavy (non-hydrogen) atoms. The van der Waals surface area contributed by atoms with Gasteiger partial charge >= 0.3 is 0 Å². The van der Waals surface area contributed by atoms with Crippen LogP contribution in [0, 0.1) is 0 Å². The highest BCUT2D eigenvalue weighted by Crippen LogP contribution is 2.23. The minimum atomic E-state index is 0.119. The van der Waals surface area contributed by atoms with Gasteiger partial charge in [-0.3, -0.25) is 9.89 Å². The number of likely N-dealkylation sites (tertiary alicyclic amines) is 2. The van der Waals surface area contributed by atoms with Crippen LogP contribution in [0.1, 0.15) is 53.8 Å². The molecule has 3 aliphatic rings. The van der Waals surface area contributed by atoms with Crippen LogP contribution >= 0.6 is 0 Å². The summed E-state index contributed by atoms with van der Waals surface area (Å²) < 4.78 is 0. The lowest BCUT2D eigenvalue weighted by Gasteiger charge is -2.26. The van der Waals surface area contributed by atoms with Crippen LogP contribution in [0.15, 0.2) is 0 Å². The quantitative estimate of drug-likeness (QED) is 0.859. The van der Waals surface area contributed by atoms with Crippen LogP contribution in [0.3, 0.4) is 0 Å². The highest BCUT2D eigenvalue weighted by Gasteiger charge is 2.29. The summed E-state index contributed by atoms with van der Waals surface area (Å²) in [6, 6.07) is 0.671. The molecule has 1 amide bonds. The molecule has 0 saturated carbocycles. The summed E-state index contributed by atoms with van der Waals surface area (Å²) in [4.78, 5) is 17.6. The molecule has 2 saturated heterocycles. The maximum atomic E-state index is 12.9. The summed E-state index contributed by atoms with van der Waals surface area (Å²) in [6.07, 6.45) is 7.06. The number of carbonyl (C=O) groups excluding carboxylic acids is 1. The minimum absolute atomic E-state index is 0.119. The van der Waals surface area contributed by atoms with E-state index in [9.17, 15) is 4.79 Å². The highest BCUT2D eigenvalue weighted by atomic mass is 16.2. The number of fused-ring (bicyclic) bond motifs is 1. The molecule has 0 radical (unpaired) electrons. The number of hydrogen-bond acceptors (Lipinski definition) is 4.